The van der Waals surface area contributed by atoms with Crippen molar-refractivity contribution in [2.75, 3.05) is 13.2 Å². The average Bonchev–Trinajstić information content (AvgIpc) is 2.40. The third kappa shape index (κ3) is 4.85. The van der Waals surface area contributed by atoms with E-state index in [1.165, 1.54) is 0 Å². The molecule has 20 heavy (non-hydrogen) atoms. The first-order valence-electron chi connectivity index (χ1n) is 6.47. The maximum absolute atomic E-state index is 13.5. The van der Waals surface area contributed by atoms with Crippen LogP contribution in [-0.2, 0) is 16.0 Å². The van der Waals surface area contributed by atoms with Gasteiger partial charge in [0.25, 0.3) is 0 Å². The lowest BCUT2D eigenvalue weighted by molar-refractivity contribution is -0.144. The van der Waals surface area contributed by atoms with Crippen LogP contribution in [0.4, 0.5) is 13.2 Å². The minimum atomic E-state index is -1.23. The van der Waals surface area contributed by atoms with Gasteiger partial charge in [0, 0.05) is 18.4 Å². The number of nitrogens with two attached hydrogens (primary N) is 1. The zero-order chi connectivity index (χ0) is 15.1. The highest BCUT2D eigenvalue weighted by molar-refractivity contribution is 5.69. The molecule has 2 N–H and O–H groups in total. The van der Waals surface area contributed by atoms with Gasteiger partial charge in [-0.1, -0.05) is 6.92 Å². The molecule has 0 amide bonds. The topological polar surface area (TPSA) is 52.3 Å². The molecule has 6 heteroatoms. The average molecular weight is 289 g/mol. The molecule has 0 heterocycles. The van der Waals surface area contributed by atoms with E-state index in [9.17, 15) is 18.0 Å². The Bertz CT molecular complexity index is 466. The van der Waals surface area contributed by atoms with Gasteiger partial charge >= 0.3 is 5.97 Å². The molecule has 1 atom stereocenters. The van der Waals surface area contributed by atoms with Gasteiger partial charge in [0.2, 0.25) is 0 Å². The van der Waals surface area contributed by atoms with Gasteiger partial charge in [0.15, 0.2) is 11.6 Å². The van der Waals surface area contributed by atoms with E-state index in [0.29, 0.717) is 18.9 Å². The van der Waals surface area contributed by atoms with Gasteiger partial charge in [0.05, 0.1) is 6.61 Å². The maximum Gasteiger partial charge on any atom is 0.305 e. The van der Waals surface area contributed by atoms with Crippen LogP contribution in [0.15, 0.2) is 12.1 Å². The predicted octanol–water partition coefficient (Wildman–Crippen LogP) is 2.56. The van der Waals surface area contributed by atoms with Crippen LogP contribution in [0.5, 0.6) is 0 Å². The molecule has 0 unspecified atom stereocenters. The van der Waals surface area contributed by atoms with Crippen molar-refractivity contribution >= 4 is 5.97 Å². The molecule has 0 aromatic heterocycles. The van der Waals surface area contributed by atoms with E-state index >= 15 is 0 Å². The highest BCUT2D eigenvalue weighted by atomic mass is 19.2. The quantitative estimate of drug-likeness (QED) is 0.620. The Morgan fingerprint density at radius 3 is 2.50 bits per heavy atom. The van der Waals surface area contributed by atoms with Crippen LogP contribution in [0.3, 0.4) is 0 Å². The van der Waals surface area contributed by atoms with Gasteiger partial charge in [-0.25, -0.2) is 13.2 Å². The van der Waals surface area contributed by atoms with E-state index in [2.05, 4.69) is 0 Å². The number of esters is 1. The first-order valence-corrected chi connectivity index (χ1v) is 6.47. The highest BCUT2D eigenvalue weighted by Gasteiger charge is 2.16. The summed E-state index contributed by atoms with van der Waals surface area (Å²) in [5.41, 5.74) is 5.54. The number of carbonyl (C=O) groups is 1. The van der Waals surface area contributed by atoms with Crippen LogP contribution in [-0.4, -0.2) is 19.1 Å². The Labute approximate surface area is 115 Å². The third-order valence-electron chi connectivity index (χ3n) is 2.87. The number of ether oxygens (including phenoxy) is 1. The molecule has 1 aromatic rings. The predicted molar refractivity (Wildman–Crippen MR) is 68.4 cm³/mol. The number of hydrogen-bond donors (Lipinski definition) is 1. The van der Waals surface area contributed by atoms with Crippen LogP contribution >= 0.6 is 0 Å². The van der Waals surface area contributed by atoms with E-state index in [-0.39, 0.29) is 37.0 Å². The smallest absolute Gasteiger partial charge is 0.305 e. The lowest BCUT2D eigenvalue weighted by Crippen LogP contribution is -2.24. The second-order valence-electron chi connectivity index (χ2n) is 4.60. The summed E-state index contributed by atoms with van der Waals surface area (Å²) in [5.74, 6) is -3.86. The zero-order valence-corrected chi connectivity index (χ0v) is 11.3. The summed E-state index contributed by atoms with van der Waals surface area (Å²) >= 11 is 0. The summed E-state index contributed by atoms with van der Waals surface area (Å²) in [6, 6.07) is 1.31. The van der Waals surface area contributed by atoms with E-state index in [4.69, 9.17) is 10.5 Å². The second-order valence-corrected chi connectivity index (χ2v) is 4.60. The Morgan fingerprint density at radius 1 is 1.25 bits per heavy atom. The van der Waals surface area contributed by atoms with Crippen molar-refractivity contribution in [2.24, 2.45) is 11.7 Å². The monoisotopic (exact) mass is 289 g/mol. The Hall–Kier alpha value is -1.56. The van der Waals surface area contributed by atoms with Crippen LogP contribution in [0.25, 0.3) is 0 Å². The Morgan fingerprint density at radius 2 is 1.90 bits per heavy atom. The van der Waals surface area contributed by atoms with Gasteiger partial charge in [-0.15, -0.1) is 0 Å². The lowest BCUT2D eigenvalue weighted by atomic mass is 9.99. The summed E-state index contributed by atoms with van der Waals surface area (Å²) in [6.07, 6.45) is 1.06. The first kappa shape index (κ1) is 16.5. The normalized spacial score (nSPS) is 12.2. The Balaban J connectivity index is 2.64. The summed E-state index contributed by atoms with van der Waals surface area (Å²) < 4.78 is 44.4. The number of hydrogen-bond acceptors (Lipinski definition) is 3. The van der Waals surface area contributed by atoms with E-state index in [0.717, 1.165) is 6.07 Å². The first-order chi connectivity index (χ1) is 9.47. The van der Waals surface area contributed by atoms with Crippen molar-refractivity contribution in [3.63, 3.8) is 0 Å². The number of halogens is 3. The van der Waals surface area contributed by atoms with E-state index < -0.39 is 17.5 Å². The van der Waals surface area contributed by atoms with Crippen molar-refractivity contribution in [1.82, 2.24) is 0 Å². The van der Waals surface area contributed by atoms with Gasteiger partial charge in [-0.3, -0.25) is 4.79 Å². The number of rotatable bonds is 7. The Kier molecular flexibility index (Phi) is 6.51. The van der Waals surface area contributed by atoms with Crippen LogP contribution in [0.1, 0.15) is 25.3 Å². The summed E-state index contributed by atoms with van der Waals surface area (Å²) in [5, 5.41) is 0. The summed E-state index contributed by atoms with van der Waals surface area (Å²) in [4.78, 5) is 11.2. The number of benzene rings is 1. The molecular formula is C14H18F3NO2. The fourth-order valence-corrected chi connectivity index (χ4v) is 1.73. The minimum absolute atomic E-state index is 0.0193. The van der Waals surface area contributed by atoms with Gasteiger partial charge < -0.3 is 10.5 Å². The van der Waals surface area contributed by atoms with Gasteiger partial charge in [0.1, 0.15) is 5.82 Å². The molecule has 0 saturated carbocycles. The van der Waals surface area contributed by atoms with Crippen molar-refractivity contribution in [1.29, 1.82) is 0 Å². The molecule has 3 nitrogen and oxygen atoms in total. The van der Waals surface area contributed by atoms with Crippen molar-refractivity contribution in [3.8, 4) is 0 Å². The highest BCUT2D eigenvalue weighted by Crippen LogP contribution is 2.17. The molecule has 0 aliphatic rings. The maximum atomic E-state index is 13.5. The summed E-state index contributed by atoms with van der Waals surface area (Å²) in [7, 11) is 0. The molecule has 0 radical (unpaired) electrons. The van der Waals surface area contributed by atoms with Crippen LogP contribution in [0.2, 0.25) is 0 Å². The molecule has 112 valence electrons. The van der Waals surface area contributed by atoms with Gasteiger partial charge in [-0.05, 0) is 31.0 Å². The van der Waals surface area contributed by atoms with E-state index in [1.807, 2.05) is 6.92 Å². The van der Waals surface area contributed by atoms with Crippen molar-refractivity contribution in [2.45, 2.75) is 26.2 Å². The molecule has 0 spiro atoms. The molecule has 0 bridgehead atoms. The molecule has 0 saturated heterocycles. The fraction of sp³-hybridized carbons (Fsp3) is 0.500. The SMILES string of the molecule is CCCC(=O)OC[C@@H](CN)Cc1cc(F)c(F)cc1F. The standard InChI is InChI=1S/C14H18F3NO2/c1-2-3-14(19)20-8-9(7-18)4-10-5-12(16)13(17)6-11(10)15/h5-6,9H,2-4,7-8,18H2,1H3/t9-/m1/s1. The second kappa shape index (κ2) is 7.89. The molecule has 0 fully saturated rings. The van der Waals surface area contributed by atoms with Crippen molar-refractivity contribution < 1.29 is 22.7 Å². The largest absolute Gasteiger partial charge is 0.465 e. The molecule has 0 aliphatic carbocycles. The number of carbonyl (C=O) groups excluding carboxylic acids is 1. The van der Waals surface area contributed by atoms with Crippen molar-refractivity contribution in [3.05, 3.63) is 35.1 Å². The molecular weight excluding hydrogens is 271 g/mol. The molecule has 1 aromatic carbocycles. The van der Waals surface area contributed by atoms with Crippen LogP contribution in [0, 0.1) is 23.4 Å². The molecule has 1 rings (SSSR count). The van der Waals surface area contributed by atoms with Gasteiger partial charge in [-0.2, -0.15) is 0 Å². The zero-order valence-electron chi connectivity index (χ0n) is 11.3. The van der Waals surface area contributed by atoms with E-state index in [1.54, 1.807) is 0 Å². The summed E-state index contributed by atoms with van der Waals surface area (Å²) in [6.45, 7) is 2.03. The molecule has 0 aliphatic heterocycles. The minimum Gasteiger partial charge on any atom is -0.465 e. The third-order valence-corrected chi connectivity index (χ3v) is 2.87. The lowest BCUT2D eigenvalue weighted by Gasteiger charge is -2.15. The van der Waals surface area contributed by atoms with Crippen LogP contribution < -0.4 is 5.73 Å². The fourth-order valence-electron chi connectivity index (χ4n) is 1.73.